The predicted octanol–water partition coefficient (Wildman–Crippen LogP) is 3.60. The fourth-order valence-corrected chi connectivity index (χ4v) is 10.9. The monoisotopic (exact) mass is 1030 g/mol. The number of ether oxygens (including phenoxy) is 6. The van der Waals surface area contributed by atoms with Gasteiger partial charge >= 0.3 is 5.97 Å². The van der Waals surface area contributed by atoms with Gasteiger partial charge in [0.05, 0.1) is 59.9 Å². The van der Waals surface area contributed by atoms with E-state index in [1.807, 2.05) is 75.1 Å². The summed E-state index contributed by atoms with van der Waals surface area (Å²) < 4.78 is 40.8. The molecule has 0 spiro atoms. The largest absolute Gasteiger partial charge is 0.459 e. The molecule has 6 N–H and O–H groups in total. The quantitative estimate of drug-likeness (QED) is 0.158. The second-order valence-corrected chi connectivity index (χ2v) is 21.8. The Morgan fingerprint density at radius 3 is 2.28 bits per heavy atom. The summed E-state index contributed by atoms with van der Waals surface area (Å²) in [6, 6.07) is 6.45. The summed E-state index contributed by atoms with van der Waals surface area (Å²) in [7, 11) is 5.25. The molecule has 2 aromatic rings. The lowest BCUT2D eigenvalue weighted by Gasteiger charge is -2.49. The maximum atomic E-state index is 14.5. The summed E-state index contributed by atoms with van der Waals surface area (Å²) in [6.07, 6.45) is -7.56. The molecule has 3 fully saturated rings. The maximum absolute atomic E-state index is 14.5. The number of aliphatic hydroxyl groups is 6. The predicted molar refractivity (Wildman–Crippen MR) is 256 cm³/mol. The first-order chi connectivity index (χ1) is 31.7. The van der Waals surface area contributed by atoms with E-state index in [1.165, 1.54) is 14.0 Å². The van der Waals surface area contributed by atoms with Crippen molar-refractivity contribution in [2.24, 2.45) is 17.8 Å². The van der Waals surface area contributed by atoms with Gasteiger partial charge in [-0.2, -0.15) is 0 Å². The molecule has 1 aromatic heterocycles. The van der Waals surface area contributed by atoms with E-state index >= 15 is 0 Å². The highest BCUT2D eigenvalue weighted by molar-refractivity contribution is 9.10. The highest BCUT2D eigenvalue weighted by Crippen LogP contribution is 2.40. The van der Waals surface area contributed by atoms with Crippen LogP contribution >= 0.6 is 15.9 Å². The molecule has 5 rings (SSSR count). The molecular formula is C49H82BrN5O13. The van der Waals surface area contributed by atoms with Crippen LogP contribution in [0.4, 0.5) is 0 Å². The second-order valence-electron chi connectivity index (χ2n) is 20.9. The van der Waals surface area contributed by atoms with Gasteiger partial charge in [-0.3, -0.25) is 4.79 Å². The van der Waals surface area contributed by atoms with E-state index in [2.05, 4.69) is 26.2 Å². The Morgan fingerprint density at radius 2 is 1.65 bits per heavy atom. The molecular weight excluding hydrogens is 946 g/mol. The van der Waals surface area contributed by atoms with Crippen LogP contribution in [-0.2, 0) is 46.2 Å². The molecule has 1 aromatic carbocycles. The molecule has 388 valence electrons. The number of halogens is 1. The molecule has 0 amide bonds. The van der Waals surface area contributed by atoms with Crippen LogP contribution in [-0.4, -0.2) is 186 Å². The van der Waals surface area contributed by atoms with Crippen molar-refractivity contribution in [2.75, 3.05) is 34.3 Å². The minimum absolute atomic E-state index is 0.0991. The summed E-state index contributed by atoms with van der Waals surface area (Å²) >= 11 is 3.43. The number of hydrogen-bond donors (Lipinski definition) is 6. The standard InChI is InChI=1S/C49H82BrN5O13/c1-14-38-49(10,62)42(58)31(6)54(12)24-27(2)22-47(8,61)44(29(4)41(30(5)45(60)66-38)67-39-23-48(9,63-13)43(59)32(7)65-39)68-46-40(57)36(21-28(3)64-46)53(11)20-19-35-25-55(52-51-35)26-37(56)33-15-17-34(50)18-16-33/h15-18,25,27-32,36-44,46,56-59,61-62H,14,19-24,26H2,1-13H3/t27-,28-,29+,30-,31-,32+,36+,37+,38-,39+,40-,41+,42-,43+,44-,46+,47-,48-,49-/m1/s1. The SMILES string of the molecule is CC[C@H]1OC(=O)[C@H](C)[C@@H](O[C@H]2C[C@@](C)(OC)[C@@H](O)[C@H](C)O2)[C@H](C)[C@@H](O[C@@H]2O[C@H](C)C[C@H](N(C)CCc3cn(C[C@H](O)c4ccc(Br)cc4)nn3)[C@H]2O)[C@](C)(O)C[C@@H](C)CN(C)[C@H](C)[C@@H](O)[C@]1(C)O. The van der Waals surface area contributed by atoms with Crippen molar-refractivity contribution in [2.45, 2.75) is 204 Å². The third-order valence-corrected chi connectivity index (χ3v) is 15.6. The van der Waals surface area contributed by atoms with E-state index in [0.29, 0.717) is 25.9 Å². The van der Waals surface area contributed by atoms with E-state index in [0.717, 1.165) is 15.7 Å². The Kier molecular flexibility index (Phi) is 19.6. The van der Waals surface area contributed by atoms with Crippen molar-refractivity contribution in [3.63, 3.8) is 0 Å². The van der Waals surface area contributed by atoms with Gasteiger partial charge in [0, 0.05) is 61.7 Å². The number of nitrogens with zero attached hydrogens (tertiary/aromatic N) is 5. The highest BCUT2D eigenvalue weighted by atomic mass is 79.9. The zero-order valence-corrected chi connectivity index (χ0v) is 44.0. The zero-order chi connectivity index (χ0) is 50.6. The first-order valence-electron chi connectivity index (χ1n) is 24.3. The van der Waals surface area contributed by atoms with Crippen LogP contribution in [0, 0.1) is 17.8 Å². The van der Waals surface area contributed by atoms with Gasteiger partial charge in [-0.1, -0.05) is 54.0 Å². The fraction of sp³-hybridized carbons (Fsp3) is 0.816. The van der Waals surface area contributed by atoms with Crippen LogP contribution in [0.25, 0.3) is 0 Å². The number of aromatic nitrogens is 3. The molecule has 3 saturated heterocycles. The van der Waals surface area contributed by atoms with Crippen LogP contribution in [0.1, 0.15) is 112 Å². The minimum Gasteiger partial charge on any atom is -0.459 e. The van der Waals surface area contributed by atoms with Crippen LogP contribution in [0.5, 0.6) is 0 Å². The van der Waals surface area contributed by atoms with Gasteiger partial charge in [0.15, 0.2) is 12.6 Å². The summed E-state index contributed by atoms with van der Waals surface area (Å²) in [6.45, 7) is 18.7. The number of hydrogen-bond acceptors (Lipinski definition) is 17. The van der Waals surface area contributed by atoms with Crippen molar-refractivity contribution in [3.8, 4) is 0 Å². The van der Waals surface area contributed by atoms with E-state index in [9.17, 15) is 35.4 Å². The Balaban J connectivity index is 1.44. The number of cyclic esters (lactones) is 1. The second kappa shape index (κ2) is 23.6. The molecule has 0 bridgehead atoms. The van der Waals surface area contributed by atoms with Gasteiger partial charge in [-0.25, -0.2) is 4.68 Å². The summed E-state index contributed by atoms with van der Waals surface area (Å²) in [5.74, 6) is -2.79. The number of carbonyl (C=O) groups excluding carboxylic acids is 1. The van der Waals surface area contributed by atoms with E-state index < -0.39 is 108 Å². The Bertz CT molecular complexity index is 1890. The first-order valence-corrected chi connectivity index (χ1v) is 25.1. The van der Waals surface area contributed by atoms with Crippen LogP contribution in [0.2, 0.25) is 0 Å². The zero-order valence-electron chi connectivity index (χ0n) is 42.4. The lowest BCUT2D eigenvalue weighted by molar-refractivity contribution is -0.318. The van der Waals surface area contributed by atoms with E-state index in [-0.39, 0.29) is 37.8 Å². The normalized spacial score (nSPS) is 41.2. The molecule has 0 aliphatic carbocycles. The van der Waals surface area contributed by atoms with Crippen LogP contribution < -0.4 is 0 Å². The Labute approximate surface area is 411 Å². The molecule has 3 aliphatic rings. The molecule has 4 heterocycles. The summed E-state index contributed by atoms with van der Waals surface area (Å²) in [4.78, 5) is 18.4. The number of aliphatic hydroxyl groups excluding tert-OH is 4. The third kappa shape index (κ3) is 13.4. The molecule has 68 heavy (non-hydrogen) atoms. The third-order valence-electron chi connectivity index (χ3n) is 15.0. The fourth-order valence-electron chi connectivity index (χ4n) is 10.6. The topological polar surface area (TPSA) is 231 Å². The smallest absolute Gasteiger partial charge is 0.311 e. The molecule has 18 nitrogen and oxygen atoms in total. The molecule has 0 saturated carbocycles. The number of methoxy groups -OCH3 is 1. The van der Waals surface area contributed by atoms with E-state index in [1.54, 1.807) is 46.2 Å². The average Bonchev–Trinajstić information content (AvgIpc) is 3.73. The molecule has 0 unspecified atom stereocenters. The lowest BCUT2D eigenvalue weighted by Crippen LogP contribution is -2.61. The summed E-state index contributed by atoms with van der Waals surface area (Å²) in [5.41, 5.74) is -3.05. The number of likely N-dealkylation sites (N-methyl/N-ethyl adjacent to an activating group) is 2. The van der Waals surface area contributed by atoms with Gasteiger partial charge in [-0.05, 0) is 105 Å². The molecule has 3 aliphatic heterocycles. The molecule has 0 radical (unpaired) electrons. The Morgan fingerprint density at radius 1 is 0.985 bits per heavy atom. The van der Waals surface area contributed by atoms with Crippen molar-refractivity contribution in [1.29, 1.82) is 0 Å². The van der Waals surface area contributed by atoms with Crippen LogP contribution in [0.15, 0.2) is 34.9 Å². The van der Waals surface area contributed by atoms with Crippen molar-refractivity contribution >= 4 is 21.9 Å². The van der Waals surface area contributed by atoms with Crippen molar-refractivity contribution in [1.82, 2.24) is 24.8 Å². The number of esters is 1. The van der Waals surface area contributed by atoms with Gasteiger partial charge in [0.2, 0.25) is 0 Å². The molecule has 19 heteroatoms. The van der Waals surface area contributed by atoms with E-state index in [4.69, 9.17) is 28.4 Å². The highest BCUT2D eigenvalue weighted by Gasteiger charge is 2.53. The average molecular weight is 1030 g/mol. The first kappa shape index (κ1) is 56.7. The van der Waals surface area contributed by atoms with Gasteiger partial charge in [-0.15, -0.1) is 5.10 Å². The maximum Gasteiger partial charge on any atom is 0.311 e. The van der Waals surface area contributed by atoms with Gasteiger partial charge in [0.1, 0.15) is 30.0 Å². The van der Waals surface area contributed by atoms with Crippen molar-refractivity contribution in [3.05, 3.63) is 46.2 Å². The summed E-state index contributed by atoms with van der Waals surface area (Å²) in [5, 5.41) is 79.0. The van der Waals surface area contributed by atoms with Gasteiger partial charge < -0.3 is 68.9 Å². The minimum atomic E-state index is -1.84. The van der Waals surface area contributed by atoms with Crippen molar-refractivity contribution < 1.29 is 63.9 Å². The van der Waals surface area contributed by atoms with Gasteiger partial charge in [0.25, 0.3) is 0 Å². The number of rotatable bonds is 13. The molecule has 19 atom stereocenters. The number of carbonyl (C=O) groups is 1. The lowest BCUT2D eigenvalue weighted by atomic mass is 9.77. The van der Waals surface area contributed by atoms with Crippen LogP contribution in [0.3, 0.4) is 0 Å². The Hall–Kier alpha value is -2.21. The number of benzene rings is 1.